The third-order valence-corrected chi connectivity index (χ3v) is 8.72. The van der Waals surface area contributed by atoms with Gasteiger partial charge in [-0.05, 0) is 35.9 Å². The number of esters is 1. The molecule has 2 unspecified atom stereocenters. The third-order valence-electron chi connectivity index (χ3n) is 6.65. The minimum atomic E-state index is -3.61. The van der Waals surface area contributed by atoms with Crippen LogP contribution in [-0.4, -0.2) is 63.3 Å². The molecule has 0 saturated carbocycles. The van der Waals surface area contributed by atoms with Crippen LogP contribution < -0.4 is 9.80 Å². The van der Waals surface area contributed by atoms with E-state index in [1.807, 2.05) is 12.1 Å². The number of carbonyl (C=O) groups is 3. The number of amides is 2. The van der Waals surface area contributed by atoms with Crippen LogP contribution in [0.3, 0.4) is 0 Å². The van der Waals surface area contributed by atoms with Crippen LogP contribution in [-0.2, 0) is 35.6 Å². The number of hydrogen-bond acceptors (Lipinski definition) is 6. The average Bonchev–Trinajstić information content (AvgIpc) is 3.44. The van der Waals surface area contributed by atoms with E-state index in [2.05, 4.69) is 0 Å². The zero-order valence-electron chi connectivity index (χ0n) is 20.0. The predicted molar refractivity (Wildman–Crippen MR) is 130 cm³/mol. The van der Waals surface area contributed by atoms with Crippen molar-refractivity contribution in [2.45, 2.75) is 37.6 Å². The van der Waals surface area contributed by atoms with Crippen molar-refractivity contribution >= 4 is 39.2 Å². The molecule has 0 aromatic heterocycles. The molecule has 4 rings (SSSR count). The predicted octanol–water partition coefficient (Wildman–Crippen LogP) is 2.20. The van der Waals surface area contributed by atoms with Crippen LogP contribution in [0.15, 0.2) is 53.4 Å². The Hall–Kier alpha value is -3.24. The lowest BCUT2D eigenvalue weighted by atomic mass is 10.1. The smallest absolute Gasteiger partial charge is 0.329 e. The fourth-order valence-electron chi connectivity index (χ4n) is 4.81. The lowest BCUT2D eigenvalue weighted by Crippen LogP contribution is -2.46. The lowest BCUT2D eigenvalue weighted by Gasteiger charge is -2.26. The van der Waals surface area contributed by atoms with E-state index in [9.17, 15) is 22.8 Å². The second-order valence-corrected chi connectivity index (χ2v) is 10.5. The Bertz CT molecular complexity index is 1240. The quantitative estimate of drug-likeness (QED) is 0.541. The van der Waals surface area contributed by atoms with Crippen LogP contribution in [0.1, 0.15) is 25.8 Å². The Morgan fingerprint density at radius 3 is 2.31 bits per heavy atom. The molecule has 2 aliphatic heterocycles. The highest BCUT2D eigenvalue weighted by molar-refractivity contribution is 7.89. The van der Waals surface area contributed by atoms with Gasteiger partial charge in [0.2, 0.25) is 21.8 Å². The molecule has 1 fully saturated rings. The van der Waals surface area contributed by atoms with E-state index in [1.54, 1.807) is 38.1 Å². The Morgan fingerprint density at radius 2 is 1.69 bits per heavy atom. The summed E-state index contributed by atoms with van der Waals surface area (Å²) in [5.41, 5.74) is 2.06. The van der Waals surface area contributed by atoms with Gasteiger partial charge in [-0.3, -0.25) is 14.5 Å². The molecule has 2 aromatic carbocycles. The monoisotopic (exact) mass is 499 g/mol. The number of carbonyl (C=O) groups excluding carboxylic acids is 3. The number of anilines is 2. The third kappa shape index (κ3) is 4.43. The first kappa shape index (κ1) is 24.9. The lowest BCUT2D eigenvalue weighted by molar-refractivity contribution is -0.143. The number of fused-ring (bicyclic) bond motifs is 1. The molecule has 2 amide bonds. The van der Waals surface area contributed by atoms with Crippen LogP contribution in [0.5, 0.6) is 0 Å². The fraction of sp³-hybridized carbons (Fsp3) is 0.400. The highest BCUT2D eigenvalue weighted by Gasteiger charge is 2.44. The number of nitrogens with zero attached hydrogens (tertiary/aromatic N) is 3. The van der Waals surface area contributed by atoms with Crippen molar-refractivity contribution in [2.24, 2.45) is 5.92 Å². The van der Waals surface area contributed by atoms with Crippen LogP contribution in [0.4, 0.5) is 11.4 Å². The molecule has 10 heteroatoms. The van der Waals surface area contributed by atoms with Crippen molar-refractivity contribution in [1.82, 2.24) is 4.31 Å². The van der Waals surface area contributed by atoms with Gasteiger partial charge in [-0.2, -0.15) is 4.31 Å². The standard InChI is InChI=1S/C25H29N3O6S/c1-4-26(5-2)35(32,33)20-12-10-19(11-13-20)27-16-18(15-23(27)29)24(30)28-21-9-7-6-8-17(21)14-22(28)25(31)34-3/h6-13,18,22H,4-5,14-16H2,1-3H3. The van der Waals surface area contributed by atoms with Crippen molar-refractivity contribution in [3.63, 3.8) is 0 Å². The number of hydrogen-bond donors (Lipinski definition) is 0. The summed E-state index contributed by atoms with van der Waals surface area (Å²) in [6, 6.07) is 12.7. The maximum Gasteiger partial charge on any atom is 0.329 e. The number of sulfonamides is 1. The Morgan fingerprint density at radius 1 is 1.03 bits per heavy atom. The van der Waals surface area contributed by atoms with Crippen molar-refractivity contribution in [3.05, 3.63) is 54.1 Å². The Kier molecular flexibility index (Phi) is 6.95. The largest absolute Gasteiger partial charge is 0.467 e. The molecule has 0 aliphatic carbocycles. The van der Waals surface area contributed by atoms with Gasteiger partial charge >= 0.3 is 5.97 Å². The molecule has 2 heterocycles. The van der Waals surface area contributed by atoms with Crippen LogP contribution in [0, 0.1) is 5.92 Å². The molecular formula is C25H29N3O6S. The maximum absolute atomic E-state index is 13.5. The summed E-state index contributed by atoms with van der Waals surface area (Å²) in [6.07, 6.45) is 0.367. The molecule has 2 atom stereocenters. The van der Waals surface area contributed by atoms with Gasteiger partial charge in [0.25, 0.3) is 0 Å². The number of methoxy groups -OCH3 is 1. The second-order valence-electron chi connectivity index (χ2n) is 8.57. The van der Waals surface area contributed by atoms with Gasteiger partial charge in [-0.25, -0.2) is 13.2 Å². The molecule has 2 aromatic rings. The summed E-state index contributed by atoms with van der Waals surface area (Å²) in [5.74, 6) is -1.67. The molecule has 0 spiro atoms. The van der Waals surface area contributed by atoms with Crippen LogP contribution in [0.25, 0.3) is 0 Å². The van der Waals surface area contributed by atoms with E-state index in [1.165, 1.54) is 33.3 Å². The minimum Gasteiger partial charge on any atom is -0.467 e. The molecule has 2 aliphatic rings. The Labute approximate surface area is 205 Å². The highest BCUT2D eigenvalue weighted by atomic mass is 32.2. The summed E-state index contributed by atoms with van der Waals surface area (Å²) >= 11 is 0. The van der Waals surface area contributed by atoms with E-state index < -0.39 is 28.0 Å². The summed E-state index contributed by atoms with van der Waals surface area (Å²) in [7, 11) is -2.32. The second kappa shape index (κ2) is 9.79. The SMILES string of the molecule is CCN(CC)S(=O)(=O)c1ccc(N2CC(C(=O)N3c4ccccc4CC3C(=O)OC)CC2=O)cc1. The molecular weight excluding hydrogens is 470 g/mol. The molecule has 35 heavy (non-hydrogen) atoms. The van der Waals surface area contributed by atoms with E-state index in [0.717, 1.165) is 5.56 Å². The average molecular weight is 500 g/mol. The van der Waals surface area contributed by atoms with E-state index >= 15 is 0 Å². The summed E-state index contributed by atoms with van der Waals surface area (Å²) in [6.45, 7) is 4.42. The van der Waals surface area contributed by atoms with Crippen molar-refractivity contribution in [2.75, 3.05) is 36.5 Å². The zero-order valence-corrected chi connectivity index (χ0v) is 20.8. The maximum atomic E-state index is 13.5. The number of ether oxygens (including phenoxy) is 1. The topological polar surface area (TPSA) is 104 Å². The first-order chi connectivity index (χ1) is 16.7. The van der Waals surface area contributed by atoms with Gasteiger partial charge in [0.05, 0.1) is 17.9 Å². The Balaban J connectivity index is 1.55. The summed E-state index contributed by atoms with van der Waals surface area (Å²) < 4.78 is 31.8. The normalized spacial score (nSPS) is 19.8. The van der Waals surface area contributed by atoms with Gasteiger partial charge in [0.15, 0.2) is 0 Å². The first-order valence-electron chi connectivity index (χ1n) is 11.6. The zero-order chi connectivity index (χ0) is 25.3. The number of para-hydroxylation sites is 1. The van der Waals surface area contributed by atoms with Crippen molar-refractivity contribution < 1.29 is 27.5 Å². The molecule has 0 bridgehead atoms. The minimum absolute atomic E-state index is 0.00485. The van der Waals surface area contributed by atoms with Crippen molar-refractivity contribution in [3.8, 4) is 0 Å². The van der Waals surface area contributed by atoms with Crippen LogP contribution >= 0.6 is 0 Å². The van der Waals surface area contributed by atoms with Gasteiger partial charge in [0, 0.05) is 43.9 Å². The summed E-state index contributed by atoms with van der Waals surface area (Å²) in [4.78, 5) is 41.9. The highest BCUT2D eigenvalue weighted by Crippen LogP contribution is 2.36. The molecule has 0 radical (unpaired) electrons. The molecule has 1 saturated heterocycles. The van der Waals surface area contributed by atoms with Gasteiger partial charge < -0.3 is 9.64 Å². The van der Waals surface area contributed by atoms with Crippen LogP contribution in [0.2, 0.25) is 0 Å². The number of rotatable bonds is 7. The number of benzene rings is 2. The van der Waals surface area contributed by atoms with E-state index in [0.29, 0.717) is 30.9 Å². The fourth-order valence-corrected chi connectivity index (χ4v) is 6.27. The summed E-state index contributed by atoms with van der Waals surface area (Å²) in [5, 5.41) is 0. The first-order valence-corrected chi connectivity index (χ1v) is 13.1. The molecule has 186 valence electrons. The van der Waals surface area contributed by atoms with Crippen molar-refractivity contribution in [1.29, 1.82) is 0 Å². The van der Waals surface area contributed by atoms with Gasteiger partial charge in [-0.15, -0.1) is 0 Å². The van der Waals surface area contributed by atoms with Gasteiger partial charge in [-0.1, -0.05) is 32.0 Å². The molecule has 0 N–H and O–H groups in total. The van der Waals surface area contributed by atoms with E-state index in [4.69, 9.17) is 4.74 Å². The molecule has 9 nitrogen and oxygen atoms in total. The van der Waals surface area contributed by atoms with E-state index in [-0.39, 0.29) is 29.7 Å². The van der Waals surface area contributed by atoms with Gasteiger partial charge in [0.1, 0.15) is 6.04 Å².